The van der Waals surface area contributed by atoms with Gasteiger partial charge in [0.25, 0.3) is 0 Å². The third kappa shape index (κ3) is 6.20. The number of Topliss-reactive ketones (excluding diaryl/α,β-unsaturated/α-hetero) is 1. The van der Waals surface area contributed by atoms with E-state index in [0.717, 1.165) is 11.3 Å². The molecule has 186 valence electrons. The summed E-state index contributed by atoms with van der Waals surface area (Å²) in [7, 11) is 0. The van der Waals surface area contributed by atoms with E-state index in [9.17, 15) is 19.6 Å². The topological polar surface area (TPSA) is 119 Å². The molecule has 3 rings (SSSR count). The summed E-state index contributed by atoms with van der Waals surface area (Å²) < 4.78 is 22.1. The Balaban J connectivity index is 1.89. The monoisotopic (exact) mass is 564 g/mol. The van der Waals surface area contributed by atoms with E-state index in [4.69, 9.17) is 18.6 Å². The van der Waals surface area contributed by atoms with Gasteiger partial charge in [0, 0.05) is 36.5 Å². The molecule has 9 nitrogen and oxygen atoms in total. The first-order valence-electron chi connectivity index (χ1n) is 11.0. The average molecular weight is 565 g/mol. The van der Waals surface area contributed by atoms with Crippen LogP contribution in [0.2, 0.25) is 0 Å². The lowest BCUT2D eigenvalue weighted by molar-refractivity contribution is -0.114. The molecule has 0 spiro atoms. The first-order valence-corrected chi connectivity index (χ1v) is 12.6. The molecule has 0 atom stereocenters. The van der Waals surface area contributed by atoms with Crippen LogP contribution in [-0.2, 0) is 25.4 Å². The number of esters is 2. The molecule has 0 aromatic carbocycles. The Morgan fingerprint density at radius 2 is 1.86 bits per heavy atom. The fraction of sp³-hybridized carbons (Fsp3) is 0.417. The van der Waals surface area contributed by atoms with Crippen LogP contribution in [-0.4, -0.2) is 57.2 Å². The molecule has 0 unspecified atom stereocenters. The Bertz CT molecular complexity index is 1190. The van der Waals surface area contributed by atoms with E-state index in [1.54, 1.807) is 26.8 Å². The van der Waals surface area contributed by atoms with Crippen LogP contribution >= 0.6 is 27.3 Å². The van der Waals surface area contributed by atoms with Crippen molar-refractivity contribution in [2.45, 2.75) is 27.2 Å². The van der Waals surface area contributed by atoms with Crippen LogP contribution < -0.4 is 4.90 Å². The van der Waals surface area contributed by atoms with E-state index in [-0.39, 0.29) is 35.6 Å². The van der Waals surface area contributed by atoms with Crippen LogP contribution in [0.3, 0.4) is 0 Å². The standard InChI is InChI=1S/C24H25BrN2O7S/c1-4-32-23(29)20-14(3)21(24(30)33-5-2)35-19(20)12-18(28)15(13-26)10-16-11-17(25)22(34-16)27-6-8-31-9-7-27/h10-11H,4-9,12H2,1-3H3/b15-10+. The second-order valence-corrected chi connectivity index (χ2v) is 9.43. The van der Waals surface area contributed by atoms with Crippen molar-refractivity contribution in [1.29, 1.82) is 5.26 Å². The van der Waals surface area contributed by atoms with Crippen molar-refractivity contribution in [3.05, 3.63) is 42.8 Å². The molecule has 0 saturated carbocycles. The number of halogens is 1. The van der Waals surface area contributed by atoms with E-state index >= 15 is 0 Å². The number of furan rings is 1. The van der Waals surface area contributed by atoms with Gasteiger partial charge in [0.2, 0.25) is 5.88 Å². The second kappa shape index (κ2) is 12.2. The summed E-state index contributed by atoms with van der Waals surface area (Å²) in [4.78, 5) is 40.6. The minimum atomic E-state index is -0.632. The number of thiophene rings is 1. The Kier molecular flexibility index (Phi) is 9.26. The Hall–Kier alpha value is -2.94. The van der Waals surface area contributed by atoms with Gasteiger partial charge in [-0.15, -0.1) is 11.3 Å². The van der Waals surface area contributed by atoms with Crippen LogP contribution in [0.1, 0.15) is 50.1 Å². The van der Waals surface area contributed by atoms with E-state index in [2.05, 4.69) is 15.9 Å². The lowest BCUT2D eigenvalue weighted by Crippen LogP contribution is -2.36. The number of hydrogen-bond donors (Lipinski definition) is 0. The van der Waals surface area contributed by atoms with Crippen molar-refractivity contribution < 1.29 is 33.0 Å². The molecule has 0 radical (unpaired) electrons. The molecule has 2 aromatic heterocycles. The van der Waals surface area contributed by atoms with E-state index < -0.39 is 17.7 Å². The number of allylic oxidation sites excluding steroid dienone is 1. The van der Waals surface area contributed by atoms with Crippen LogP contribution in [0.15, 0.2) is 20.5 Å². The van der Waals surface area contributed by atoms with Gasteiger partial charge in [0.15, 0.2) is 5.78 Å². The SMILES string of the molecule is CCOC(=O)c1sc(CC(=O)/C(C#N)=C/c2cc(Br)c(N3CCOCC3)o2)c(C(=O)OCC)c1C. The maximum absolute atomic E-state index is 13.1. The summed E-state index contributed by atoms with van der Waals surface area (Å²) in [5.74, 6) is -0.793. The minimum absolute atomic E-state index is 0.137. The van der Waals surface area contributed by atoms with E-state index in [0.29, 0.717) is 52.9 Å². The normalized spacial score (nSPS) is 13.9. The molecule has 1 aliphatic rings. The number of carbonyl (C=O) groups excluding carboxylic acids is 3. The molecule has 0 N–H and O–H groups in total. The fourth-order valence-corrected chi connectivity index (χ4v) is 5.29. The van der Waals surface area contributed by atoms with Gasteiger partial charge in [-0.3, -0.25) is 4.79 Å². The predicted molar refractivity (Wildman–Crippen MR) is 133 cm³/mol. The number of ketones is 1. The Morgan fingerprint density at radius 1 is 1.20 bits per heavy atom. The fourth-order valence-electron chi connectivity index (χ4n) is 3.55. The first-order chi connectivity index (χ1) is 16.8. The van der Waals surface area contributed by atoms with Gasteiger partial charge in [-0.1, -0.05) is 0 Å². The number of rotatable bonds is 9. The van der Waals surface area contributed by atoms with Gasteiger partial charge in [-0.25, -0.2) is 9.59 Å². The zero-order valence-electron chi connectivity index (χ0n) is 19.6. The molecule has 1 saturated heterocycles. The molecule has 0 aliphatic carbocycles. The molecular formula is C24H25BrN2O7S. The number of nitrogens with zero attached hydrogens (tertiary/aromatic N) is 2. The van der Waals surface area contributed by atoms with Crippen LogP contribution in [0.4, 0.5) is 5.88 Å². The highest BCUT2D eigenvalue weighted by molar-refractivity contribution is 9.10. The van der Waals surface area contributed by atoms with Gasteiger partial charge in [-0.05, 0) is 42.3 Å². The molecule has 11 heteroatoms. The van der Waals surface area contributed by atoms with Gasteiger partial charge in [-0.2, -0.15) is 5.26 Å². The van der Waals surface area contributed by atoms with Gasteiger partial charge >= 0.3 is 11.9 Å². The zero-order valence-corrected chi connectivity index (χ0v) is 22.0. The van der Waals surface area contributed by atoms with Crippen LogP contribution in [0.25, 0.3) is 6.08 Å². The Morgan fingerprint density at radius 3 is 2.49 bits per heavy atom. The number of morpholine rings is 1. The molecule has 1 fully saturated rings. The lowest BCUT2D eigenvalue weighted by atomic mass is 10.0. The van der Waals surface area contributed by atoms with Crippen molar-refractivity contribution in [3.63, 3.8) is 0 Å². The smallest absolute Gasteiger partial charge is 0.348 e. The molecule has 1 aliphatic heterocycles. The van der Waals surface area contributed by atoms with Gasteiger partial charge in [0.1, 0.15) is 16.7 Å². The summed E-state index contributed by atoms with van der Waals surface area (Å²) in [5, 5.41) is 9.66. The van der Waals surface area contributed by atoms with Crippen LogP contribution in [0, 0.1) is 18.3 Å². The highest BCUT2D eigenvalue weighted by atomic mass is 79.9. The molecular weight excluding hydrogens is 540 g/mol. The Labute approximate surface area is 215 Å². The lowest BCUT2D eigenvalue weighted by Gasteiger charge is -2.26. The van der Waals surface area contributed by atoms with E-state index in [1.165, 1.54) is 6.08 Å². The number of hydrogen-bond acceptors (Lipinski definition) is 10. The largest absolute Gasteiger partial charge is 0.462 e. The van der Waals surface area contributed by atoms with Crippen molar-refractivity contribution in [1.82, 2.24) is 0 Å². The highest BCUT2D eigenvalue weighted by Gasteiger charge is 2.28. The summed E-state index contributed by atoms with van der Waals surface area (Å²) in [6.45, 7) is 7.75. The molecule has 0 amide bonds. The molecule has 0 bridgehead atoms. The molecule has 2 aromatic rings. The maximum Gasteiger partial charge on any atom is 0.348 e. The van der Waals surface area contributed by atoms with Crippen LogP contribution in [0.5, 0.6) is 0 Å². The predicted octanol–water partition coefficient (Wildman–Crippen LogP) is 4.32. The second-order valence-electron chi connectivity index (χ2n) is 7.47. The number of ether oxygens (including phenoxy) is 3. The van der Waals surface area contributed by atoms with Crippen molar-refractivity contribution in [3.8, 4) is 6.07 Å². The number of anilines is 1. The van der Waals surface area contributed by atoms with Gasteiger partial charge < -0.3 is 23.5 Å². The first kappa shape index (κ1) is 26.7. The molecule has 35 heavy (non-hydrogen) atoms. The van der Waals surface area contributed by atoms with Gasteiger partial charge in [0.05, 0.1) is 42.0 Å². The third-order valence-corrected chi connectivity index (χ3v) is 7.01. The average Bonchev–Trinajstić information content (AvgIpc) is 3.37. The third-order valence-electron chi connectivity index (χ3n) is 5.17. The maximum atomic E-state index is 13.1. The highest BCUT2D eigenvalue weighted by Crippen LogP contribution is 2.33. The summed E-state index contributed by atoms with van der Waals surface area (Å²) in [6, 6.07) is 3.60. The minimum Gasteiger partial charge on any atom is -0.462 e. The summed E-state index contributed by atoms with van der Waals surface area (Å²) >= 11 is 4.46. The summed E-state index contributed by atoms with van der Waals surface area (Å²) in [6.07, 6.45) is 1.12. The van der Waals surface area contributed by atoms with Crippen molar-refractivity contribution >= 4 is 56.9 Å². The quantitative estimate of drug-likeness (QED) is 0.249. The number of nitriles is 1. The molecule has 3 heterocycles. The van der Waals surface area contributed by atoms with Crippen molar-refractivity contribution in [2.24, 2.45) is 0 Å². The summed E-state index contributed by atoms with van der Waals surface area (Å²) in [5.41, 5.74) is 0.404. The van der Waals surface area contributed by atoms with E-state index in [1.807, 2.05) is 11.0 Å². The number of carbonyl (C=O) groups is 3. The zero-order chi connectivity index (χ0) is 25.5. The van der Waals surface area contributed by atoms with Crippen molar-refractivity contribution in [2.75, 3.05) is 44.4 Å².